The van der Waals surface area contributed by atoms with Gasteiger partial charge in [0.05, 0.1) is 23.8 Å². The highest BCUT2D eigenvalue weighted by Crippen LogP contribution is 2.25. The largest absolute Gasteiger partial charge is 0.384 e. The first-order chi connectivity index (χ1) is 6.88. The Hall–Kier alpha value is -1.25. The van der Waals surface area contributed by atoms with Gasteiger partial charge in [0.2, 0.25) is 0 Å². The molecule has 0 unspecified atom stereocenters. The van der Waals surface area contributed by atoms with Gasteiger partial charge < -0.3 is 10.6 Å². The monoisotopic (exact) mass is 191 g/mol. The molecule has 76 valence electrons. The summed E-state index contributed by atoms with van der Waals surface area (Å²) in [6.45, 7) is 3.17. The molecule has 0 saturated heterocycles. The quantitative estimate of drug-likeness (QED) is 0.750. The average Bonchev–Trinajstić information content (AvgIpc) is 2.99. The van der Waals surface area contributed by atoms with Crippen molar-refractivity contribution in [1.29, 1.82) is 0 Å². The van der Waals surface area contributed by atoms with E-state index in [4.69, 9.17) is 0 Å². The smallest absolute Gasteiger partial charge is 0.0549 e. The third-order valence-corrected chi connectivity index (χ3v) is 2.27. The van der Waals surface area contributed by atoms with Crippen molar-refractivity contribution in [2.24, 2.45) is 0 Å². The van der Waals surface area contributed by atoms with E-state index in [9.17, 15) is 0 Å². The molecule has 0 amide bonds. The molecule has 1 aliphatic rings. The van der Waals surface area contributed by atoms with Crippen LogP contribution in [0, 0.1) is 0 Å². The Morgan fingerprint density at radius 1 is 1.36 bits per heavy atom. The Kier molecular flexibility index (Phi) is 2.87. The molecule has 1 fully saturated rings. The molecule has 14 heavy (non-hydrogen) atoms. The molecule has 0 atom stereocenters. The highest BCUT2D eigenvalue weighted by atomic mass is 15.0. The second kappa shape index (κ2) is 4.31. The fourth-order valence-electron chi connectivity index (χ4n) is 1.35. The molecular formula is C11H17N3. The van der Waals surface area contributed by atoms with E-state index in [1.54, 1.807) is 0 Å². The summed E-state index contributed by atoms with van der Waals surface area (Å²) in [7, 11) is 0. The molecule has 0 aliphatic heterocycles. The maximum Gasteiger partial charge on any atom is 0.0549 e. The van der Waals surface area contributed by atoms with E-state index in [1.807, 2.05) is 12.4 Å². The summed E-state index contributed by atoms with van der Waals surface area (Å²) in [6.07, 6.45) is 7.49. The van der Waals surface area contributed by atoms with Crippen LogP contribution in [0.4, 0.5) is 11.4 Å². The van der Waals surface area contributed by atoms with Gasteiger partial charge in [0.15, 0.2) is 0 Å². The standard InChI is InChI=1S/C11H17N3/c1-2-5-13-10-6-11(8-12-7-10)14-9-3-4-9/h6-9,13-14H,2-5H2,1H3. The van der Waals surface area contributed by atoms with Crippen LogP contribution in [0.15, 0.2) is 18.5 Å². The van der Waals surface area contributed by atoms with Crippen molar-refractivity contribution in [2.45, 2.75) is 32.2 Å². The van der Waals surface area contributed by atoms with Crippen LogP contribution in [-0.2, 0) is 0 Å². The summed E-state index contributed by atoms with van der Waals surface area (Å²) in [6, 6.07) is 2.82. The minimum atomic E-state index is 0.693. The SMILES string of the molecule is CCCNc1cncc(NC2CC2)c1. The summed E-state index contributed by atoms with van der Waals surface area (Å²) in [4.78, 5) is 4.19. The first-order valence-electron chi connectivity index (χ1n) is 5.34. The lowest BCUT2D eigenvalue weighted by Crippen LogP contribution is -2.04. The molecule has 1 aromatic rings. The van der Waals surface area contributed by atoms with Gasteiger partial charge in [-0.2, -0.15) is 0 Å². The summed E-state index contributed by atoms with van der Waals surface area (Å²) in [5.74, 6) is 0. The minimum absolute atomic E-state index is 0.693. The lowest BCUT2D eigenvalue weighted by molar-refractivity contribution is 0.977. The van der Waals surface area contributed by atoms with Crippen molar-refractivity contribution in [1.82, 2.24) is 4.98 Å². The Morgan fingerprint density at radius 3 is 2.86 bits per heavy atom. The number of rotatable bonds is 5. The lowest BCUT2D eigenvalue weighted by atomic mass is 10.3. The molecule has 1 heterocycles. The number of anilines is 2. The van der Waals surface area contributed by atoms with Crippen LogP contribution in [0.3, 0.4) is 0 Å². The molecule has 0 bridgehead atoms. The molecular weight excluding hydrogens is 174 g/mol. The van der Waals surface area contributed by atoms with Crippen LogP contribution in [0.2, 0.25) is 0 Å². The van der Waals surface area contributed by atoms with Crippen molar-refractivity contribution < 1.29 is 0 Å². The van der Waals surface area contributed by atoms with Crippen LogP contribution in [0.1, 0.15) is 26.2 Å². The highest BCUT2D eigenvalue weighted by Gasteiger charge is 2.20. The molecule has 2 N–H and O–H groups in total. The number of hydrogen-bond donors (Lipinski definition) is 2. The summed E-state index contributed by atoms with van der Waals surface area (Å²) in [5.41, 5.74) is 2.24. The number of pyridine rings is 1. The Labute approximate surface area is 84.9 Å². The highest BCUT2D eigenvalue weighted by molar-refractivity contribution is 5.54. The molecule has 0 radical (unpaired) electrons. The Morgan fingerprint density at radius 2 is 2.14 bits per heavy atom. The van der Waals surface area contributed by atoms with E-state index in [-0.39, 0.29) is 0 Å². The zero-order chi connectivity index (χ0) is 9.80. The van der Waals surface area contributed by atoms with Crippen LogP contribution < -0.4 is 10.6 Å². The van der Waals surface area contributed by atoms with Gasteiger partial charge in [0, 0.05) is 12.6 Å². The van der Waals surface area contributed by atoms with Crippen molar-refractivity contribution in [3.05, 3.63) is 18.5 Å². The predicted octanol–water partition coefficient (Wildman–Crippen LogP) is 2.48. The number of nitrogens with zero attached hydrogens (tertiary/aromatic N) is 1. The first kappa shape index (κ1) is 9.31. The van der Waals surface area contributed by atoms with E-state index in [0.29, 0.717) is 6.04 Å². The first-order valence-corrected chi connectivity index (χ1v) is 5.34. The second-order valence-corrected chi connectivity index (χ2v) is 3.81. The lowest BCUT2D eigenvalue weighted by Gasteiger charge is -2.07. The predicted molar refractivity (Wildman–Crippen MR) is 59.7 cm³/mol. The van der Waals surface area contributed by atoms with E-state index in [1.165, 1.54) is 12.8 Å². The fourth-order valence-corrected chi connectivity index (χ4v) is 1.35. The Bertz CT molecular complexity index is 294. The van der Waals surface area contributed by atoms with E-state index < -0.39 is 0 Å². The van der Waals surface area contributed by atoms with Crippen LogP contribution in [0.25, 0.3) is 0 Å². The third-order valence-electron chi connectivity index (χ3n) is 2.27. The van der Waals surface area contributed by atoms with Crippen molar-refractivity contribution in [3.63, 3.8) is 0 Å². The maximum absolute atomic E-state index is 4.19. The van der Waals surface area contributed by atoms with Gasteiger partial charge in [-0.3, -0.25) is 4.98 Å². The normalized spacial score (nSPS) is 15.2. The van der Waals surface area contributed by atoms with Gasteiger partial charge in [-0.1, -0.05) is 6.92 Å². The zero-order valence-electron chi connectivity index (χ0n) is 8.59. The maximum atomic E-state index is 4.19. The van der Waals surface area contributed by atoms with Gasteiger partial charge in [0.25, 0.3) is 0 Å². The van der Waals surface area contributed by atoms with Gasteiger partial charge in [-0.25, -0.2) is 0 Å². The molecule has 2 rings (SSSR count). The van der Waals surface area contributed by atoms with Gasteiger partial charge in [0.1, 0.15) is 0 Å². The summed E-state index contributed by atoms with van der Waals surface area (Å²) in [5, 5.41) is 6.76. The minimum Gasteiger partial charge on any atom is -0.384 e. The number of aromatic nitrogens is 1. The van der Waals surface area contributed by atoms with Gasteiger partial charge in [-0.05, 0) is 25.3 Å². The topological polar surface area (TPSA) is 37.0 Å². The van der Waals surface area contributed by atoms with Crippen molar-refractivity contribution in [3.8, 4) is 0 Å². The van der Waals surface area contributed by atoms with E-state index in [0.717, 1.165) is 24.3 Å². The summed E-state index contributed by atoms with van der Waals surface area (Å²) < 4.78 is 0. The molecule has 3 heteroatoms. The van der Waals surface area contributed by atoms with Crippen LogP contribution >= 0.6 is 0 Å². The van der Waals surface area contributed by atoms with Crippen LogP contribution in [-0.4, -0.2) is 17.6 Å². The number of hydrogen-bond acceptors (Lipinski definition) is 3. The Balaban J connectivity index is 1.94. The summed E-state index contributed by atoms with van der Waals surface area (Å²) >= 11 is 0. The zero-order valence-corrected chi connectivity index (χ0v) is 8.59. The average molecular weight is 191 g/mol. The van der Waals surface area contributed by atoms with Gasteiger partial charge >= 0.3 is 0 Å². The molecule has 0 spiro atoms. The number of nitrogens with one attached hydrogen (secondary N) is 2. The van der Waals surface area contributed by atoms with Crippen molar-refractivity contribution in [2.75, 3.05) is 17.2 Å². The fraction of sp³-hybridized carbons (Fsp3) is 0.545. The molecule has 1 aliphatic carbocycles. The molecule has 3 nitrogen and oxygen atoms in total. The molecule has 0 aromatic carbocycles. The third kappa shape index (κ3) is 2.62. The van der Waals surface area contributed by atoms with E-state index >= 15 is 0 Å². The van der Waals surface area contributed by atoms with Crippen molar-refractivity contribution >= 4 is 11.4 Å². The molecule has 1 aromatic heterocycles. The van der Waals surface area contributed by atoms with Gasteiger partial charge in [-0.15, -0.1) is 0 Å². The molecule has 1 saturated carbocycles. The second-order valence-electron chi connectivity index (χ2n) is 3.81. The van der Waals surface area contributed by atoms with E-state index in [2.05, 4.69) is 28.6 Å². The van der Waals surface area contributed by atoms with Crippen LogP contribution in [0.5, 0.6) is 0 Å².